The zero-order valence-electron chi connectivity index (χ0n) is 13.8. The lowest BCUT2D eigenvalue weighted by atomic mass is 10.1. The molecule has 0 unspecified atom stereocenters. The predicted octanol–water partition coefficient (Wildman–Crippen LogP) is 4.55. The largest absolute Gasteiger partial charge is 0.378 e. The molecule has 0 N–H and O–H groups in total. The Labute approximate surface area is 134 Å². The van der Waals surface area contributed by atoms with E-state index in [1.165, 1.54) is 22.5 Å². The summed E-state index contributed by atoms with van der Waals surface area (Å²) in [6, 6.07) is 17.0. The fourth-order valence-electron chi connectivity index (χ4n) is 2.15. The molecule has 0 fully saturated rings. The van der Waals surface area contributed by atoms with Gasteiger partial charge in [-0.2, -0.15) is 0 Å². The van der Waals surface area contributed by atoms with E-state index < -0.39 is 0 Å². The average Bonchev–Trinajstić information content (AvgIpc) is 2.52. The van der Waals surface area contributed by atoms with Crippen LogP contribution in [0.4, 0.5) is 11.4 Å². The number of allylic oxidation sites excluding steroid dienone is 2. The van der Waals surface area contributed by atoms with Crippen LogP contribution in [0.25, 0.3) is 12.2 Å². The lowest BCUT2D eigenvalue weighted by molar-refractivity contribution is 1.13. The maximum absolute atomic E-state index is 2.18. The van der Waals surface area contributed by atoms with Gasteiger partial charge in [-0.25, -0.2) is 0 Å². The summed E-state index contributed by atoms with van der Waals surface area (Å²) in [7, 11) is 8.22. The average molecular weight is 292 g/mol. The third-order valence-electron chi connectivity index (χ3n) is 3.46. The molecule has 0 radical (unpaired) electrons. The molecule has 0 bridgehead atoms. The van der Waals surface area contributed by atoms with Crippen LogP contribution in [-0.2, 0) is 0 Å². The van der Waals surface area contributed by atoms with Crippen LogP contribution in [-0.4, -0.2) is 28.2 Å². The summed E-state index contributed by atoms with van der Waals surface area (Å²) in [4.78, 5) is 4.22. The van der Waals surface area contributed by atoms with E-state index in [4.69, 9.17) is 0 Å². The molecule has 0 saturated carbocycles. The van der Waals surface area contributed by atoms with Crippen molar-refractivity contribution in [3.8, 4) is 0 Å². The standard InChI is InChI=1S/C20H24N2/c1-21(2)19-13-7-11-17(15-19)9-5-6-10-18-12-8-14-20(16-18)22(3)4/h5-16H,1-4H3/b9-5+,10-6+. The summed E-state index contributed by atoms with van der Waals surface area (Å²) in [5, 5.41) is 0. The Morgan fingerprint density at radius 2 is 1.05 bits per heavy atom. The molecule has 2 nitrogen and oxygen atoms in total. The fourth-order valence-corrected chi connectivity index (χ4v) is 2.15. The molecular formula is C20H24N2. The summed E-state index contributed by atoms with van der Waals surface area (Å²) in [6.07, 6.45) is 8.41. The van der Waals surface area contributed by atoms with Crippen LogP contribution in [0.15, 0.2) is 60.7 Å². The minimum Gasteiger partial charge on any atom is -0.378 e. The zero-order valence-corrected chi connectivity index (χ0v) is 13.8. The smallest absolute Gasteiger partial charge is 0.0367 e. The zero-order chi connectivity index (χ0) is 15.9. The molecule has 0 aromatic heterocycles. The van der Waals surface area contributed by atoms with Crippen LogP contribution in [0.3, 0.4) is 0 Å². The molecule has 0 aliphatic rings. The van der Waals surface area contributed by atoms with Gasteiger partial charge in [-0.3, -0.25) is 0 Å². The second kappa shape index (κ2) is 7.51. The van der Waals surface area contributed by atoms with E-state index >= 15 is 0 Å². The van der Waals surface area contributed by atoms with Gasteiger partial charge in [0.25, 0.3) is 0 Å². The summed E-state index contributed by atoms with van der Waals surface area (Å²) in [6.45, 7) is 0. The van der Waals surface area contributed by atoms with Crippen LogP contribution in [0, 0.1) is 0 Å². The Kier molecular flexibility index (Phi) is 5.42. The van der Waals surface area contributed by atoms with Crippen LogP contribution < -0.4 is 9.80 Å². The molecule has 2 aromatic carbocycles. The fraction of sp³-hybridized carbons (Fsp3) is 0.200. The Balaban J connectivity index is 2.05. The molecule has 2 rings (SSSR count). The highest BCUT2D eigenvalue weighted by Crippen LogP contribution is 2.16. The molecule has 0 heterocycles. The van der Waals surface area contributed by atoms with Crippen molar-refractivity contribution in [1.29, 1.82) is 0 Å². The molecule has 2 aromatic rings. The number of anilines is 2. The second-order valence-corrected chi connectivity index (χ2v) is 5.70. The Morgan fingerprint density at radius 1 is 0.636 bits per heavy atom. The van der Waals surface area contributed by atoms with E-state index in [-0.39, 0.29) is 0 Å². The van der Waals surface area contributed by atoms with E-state index in [1.54, 1.807) is 0 Å². The van der Waals surface area contributed by atoms with Crippen molar-refractivity contribution in [2.45, 2.75) is 0 Å². The summed E-state index contributed by atoms with van der Waals surface area (Å²) >= 11 is 0. The maximum Gasteiger partial charge on any atom is 0.0367 e. The van der Waals surface area contributed by atoms with Gasteiger partial charge in [0.2, 0.25) is 0 Å². The lowest BCUT2D eigenvalue weighted by Crippen LogP contribution is -2.08. The SMILES string of the molecule is CN(C)c1cccc(/C=C/C=C/c2cccc(N(C)C)c2)c1. The van der Waals surface area contributed by atoms with Crippen molar-refractivity contribution in [2.24, 2.45) is 0 Å². The van der Waals surface area contributed by atoms with Gasteiger partial charge in [-0.1, -0.05) is 48.6 Å². The topological polar surface area (TPSA) is 6.48 Å². The first-order chi connectivity index (χ1) is 10.6. The van der Waals surface area contributed by atoms with Gasteiger partial charge >= 0.3 is 0 Å². The van der Waals surface area contributed by atoms with Crippen molar-refractivity contribution in [1.82, 2.24) is 0 Å². The van der Waals surface area contributed by atoms with Gasteiger partial charge in [-0.15, -0.1) is 0 Å². The number of nitrogens with zero attached hydrogens (tertiary/aromatic N) is 2. The van der Waals surface area contributed by atoms with Crippen LogP contribution in [0.2, 0.25) is 0 Å². The van der Waals surface area contributed by atoms with Crippen LogP contribution >= 0.6 is 0 Å². The van der Waals surface area contributed by atoms with Crippen molar-refractivity contribution in [3.05, 3.63) is 71.8 Å². The third kappa shape index (κ3) is 4.52. The molecule has 114 valence electrons. The molecule has 0 spiro atoms. The van der Waals surface area contributed by atoms with E-state index in [0.29, 0.717) is 0 Å². The highest BCUT2D eigenvalue weighted by atomic mass is 15.1. The number of benzene rings is 2. The first-order valence-electron chi connectivity index (χ1n) is 7.46. The highest BCUT2D eigenvalue weighted by molar-refractivity contribution is 5.62. The number of rotatable bonds is 5. The molecule has 0 amide bonds. The third-order valence-corrected chi connectivity index (χ3v) is 3.46. The van der Waals surface area contributed by atoms with Crippen LogP contribution in [0.1, 0.15) is 11.1 Å². The lowest BCUT2D eigenvalue weighted by Gasteiger charge is -2.12. The second-order valence-electron chi connectivity index (χ2n) is 5.70. The summed E-state index contributed by atoms with van der Waals surface area (Å²) in [5.74, 6) is 0. The van der Waals surface area contributed by atoms with Crippen molar-refractivity contribution >= 4 is 23.5 Å². The number of hydrogen-bond donors (Lipinski definition) is 0. The van der Waals surface area contributed by atoms with Gasteiger partial charge in [-0.05, 0) is 35.4 Å². The minimum atomic E-state index is 1.21. The van der Waals surface area contributed by atoms with E-state index in [9.17, 15) is 0 Å². The van der Waals surface area contributed by atoms with Gasteiger partial charge < -0.3 is 9.80 Å². The van der Waals surface area contributed by atoms with Crippen molar-refractivity contribution in [3.63, 3.8) is 0 Å². The van der Waals surface area contributed by atoms with Crippen molar-refractivity contribution in [2.75, 3.05) is 38.0 Å². The van der Waals surface area contributed by atoms with Gasteiger partial charge in [0.05, 0.1) is 0 Å². The van der Waals surface area contributed by atoms with E-state index in [0.717, 1.165) is 0 Å². The molecule has 0 aliphatic carbocycles. The molecular weight excluding hydrogens is 268 g/mol. The van der Waals surface area contributed by atoms with E-state index in [2.05, 4.69) is 111 Å². The van der Waals surface area contributed by atoms with Gasteiger partial charge in [0.15, 0.2) is 0 Å². The van der Waals surface area contributed by atoms with Crippen LogP contribution in [0.5, 0.6) is 0 Å². The molecule has 0 saturated heterocycles. The van der Waals surface area contributed by atoms with Gasteiger partial charge in [0.1, 0.15) is 0 Å². The summed E-state index contributed by atoms with van der Waals surface area (Å²) in [5.41, 5.74) is 4.84. The Morgan fingerprint density at radius 3 is 1.41 bits per heavy atom. The minimum absolute atomic E-state index is 1.21. The molecule has 0 aliphatic heterocycles. The predicted molar refractivity (Wildman–Crippen MR) is 99.6 cm³/mol. The normalized spacial score (nSPS) is 11.3. The quantitative estimate of drug-likeness (QED) is 0.746. The highest BCUT2D eigenvalue weighted by Gasteiger charge is 1.95. The van der Waals surface area contributed by atoms with Gasteiger partial charge in [0, 0.05) is 39.6 Å². The first-order valence-corrected chi connectivity index (χ1v) is 7.46. The Hall–Kier alpha value is -2.48. The monoisotopic (exact) mass is 292 g/mol. The molecule has 0 atom stereocenters. The van der Waals surface area contributed by atoms with E-state index in [1.807, 2.05) is 0 Å². The molecule has 2 heteroatoms. The Bertz CT molecular complexity index is 607. The number of hydrogen-bond acceptors (Lipinski definition) is 2. The van der Waals surface area contributed by atoms with Crippen molar-refractivity contribution < 1.29 is 0 Å². The first kappa shape index (κ1) is 15.9. The summed E-state index contributed by atoms with van der Waals surface area (Å²) < 4.78 is 0. The maximum atomic E-state index is 2.18. The molecule has 22 heavy (non-hydrogen) atoms.